The van der Waals surface area contributed by atoms with Crippen LogP contribution >= 0.6 is 0 Å². The van der Waals surface area contributed by atoms with Crippen molar-refractivity contribution in [3.05, 3.63) is 11.9 Å². The maximum atomic E-state index is 3.27. The van der Waals surface area contributed by atoms with E-state index in [9.17, 15) is 0 Å². The Labute approximate surface area is 62.2 Å². The molecular weight excluding hydrogens is 124 g/mol. The van der Waals surface area contributed by atoms with Gasteiger partial charge in [-0.05, 0) is 19.8 Å². The molecule has 2 nitrogen and oxygen atoms in total. The fraction of sp³-hybridized carbons (Fsp3) is 0.750. The van der Waals surface area contributed by atoms with Crippen LogP contribution in [0.15, 0.2) is 6.20 Å². The van der Waals surface area contributed by atoms with Crippen LogP contribution in [0.5, 0.6) is 0 Å². The number of hydrogen-bond donors (Lipinski definition) is 1. The van der Waals surface area contributed by atoms with Crippen LogP contribution in [0, 0.1) is 0 Å². The molecule has 10 heavy (non-hydrogen) atoms. The Bertz CT molecular complexity index is 163. The van der Waals surface area contributed by atoms with E-state index < -0.39 is 0 Å². The number of hydrogen-bond acceptors (Lipinski definition) is 0. The van der Waals surface area contributed by atoms with Crippen molar-refractivity contribution in [3.63, 3.8) is 0 Å². The van der Waals surface area contributed by atoms with Crippen molar-refractivity contribution in [3.8, 4) is 0 Å². The topological polar surface area (TPSA) is 20.7 Å². The monoisotopic (exact) mass is 140 g/mol. The summed E-state index contributed by atoms with van der Waals surface area (Å²) in [5, 5.41) is 3.27. The third kappa shape index (κ3) is 1.25. The summed E-state index contributed by atoms with van der Waals surface area (Å²) in [6.07, 6.45) is 2.18. The number of aromatic nitrogens is 2. The molecule has 0 radical (unpaired) electrons. The molecule has 0 aliphatic rings. The first-order valence-corrected chi connectivity index (χ1v) is 3.88. The Morgan fingerprint density at radius 2 is 1.80 bits per heavy atom. The van der Waals surface area contributed by atoms with Crippen molar-refractivity contribution < 1.29 is 0 Å². The van der Waals surface area contributed by atoms with Crippen LogP contribution in [0.25, 0.3) is 0 Å². The minimum Gasteiger partial charge on any atom is -0.301 e. The summed E-state index contributed by atoms with van der Waals surface area (Å²) >= 11 is 0. The molecule has 0 amide bonds. The lowest BCUT2D eigenvalue weighted by atomic mass is 10.1. The van der Waals surface area contributed by atoms with Gasteiger partial charge in [0.25, 0.3) is 0 Å². The van der Waals surface area contributed by atoms with E-state index in [-0.39, 0.29) is 0 Å². The first kappa shape index (κ1) is 7.45. The molecule has 1 heterocycles. The van der Waals surface area contributed by atoms with E-state index in [4.69, 9.17) is 0 Å². The van der Waals surface area contributed by atoms with Crippen molar-refractivity contribution in [2.75, 3.05) is 0 Å². The fourth-order valence-corrected chi connectivity index (χ4v) is 0.850. The zero-order valence-corrected chi connectivity index (χ0v) is 7.18. The van der Waals surface area contributed by atoms with E-state index in [2.05, 4.69) is 43.7 Å². The summed E-state index contributed by atoms with van der Waals surface area (Å²) in [6.45, 7) is 8.72. The van der Waals surface area contributed by atoms with Gasteiger partial charge in [0.05, 0.1) is 5.69 Å². The van der Waals surface area contributed by atoms with Gasteiger partial charge in [0.15, 0.2) is 0 Å². The zero-order chi connectivity index (χ0) is 7.72. The highest BCUT2D eigenvalue weighted by atomic mass is 15.3. The lowest BCUT2D eigenvalue weighted by Gasteiger charge is -2.20. The zero-order valence-electron chi connectivity index (χ0n) is 7.18. The van der Waals surface area contributed by atoms with Crippen molar-refractivity contribution >= 4 is 0 Å². The minimum absolute atomic E-state index is 0.572. The van der Waals surface area contributed by atoms with Crippen LogP contribution in [0.3, 0.4) is 0 Å². The maximum absolute atomic E-state index is 3.27. The molecule has 0 unspecified atom stereocenters. The summed E-state index contributed by atoms with van der Waals surface area (Å²) in [6, 6.07) is 0.572. The molecule has 0 fully saturated rings. The third-order valence-electron chi connectivity index (χ3n) is 1.71. The Morgan fingerprint density at radius 3 is 2.10 bits per heavy atom. The number of aromatic amines is 1. The Morgan fingerprint density at radius 1 is 1.30 bits per heavy atom. The second-order valence-corrected chi connectivity index (χ2v) is 3.35. The first-order valence-electron chi connectivity index (χ1n) is 3.88. The summed E-state index contributed by atoms with van der Waals surface area (Å²) < 4.78 is 2.12. The van der Waals surface area contributed by atoms with Gasteiger partial charge in [-0.3, -0.25) is 4.68 Å². The molecule has 1 aromatic rings. The van der Waals surface area contributed by atoms with Crippen LogP contribution in [0.2, 0.25) is 0 Å². The summed E-state index contributed by atoms with van der Waals surface area (Å²) in [4.78, 5) is 0. The van der Waals surface area contributed by atoms with Crippen LogP contribution in [-0.2, 0) is 0 Å². The maximum Gasteiger partial charge on any atom is 0.0519 e. The summed E-state index contributed by atoms with van der Waals surface area (Å²) in [5.41, 5.74) is 1.34. The van der Waals surface area contributed by atoms with Gasteiger partial charge in [-0.1, -0.05) is 13.8 Å². The molecule has 0 aliphatic carbocycles. The van der Waals surface area contributed by atoms with Gasteiger partial charge < -0.3 is 5.10 Å². The average Bonchev–Trinajstić information content (AvgIpc) is 1.56. The molecule has 0 aliphatic heterocycles. The quantitative estimate of drug-likeness (QED) is 0.651. The fourth-order valence-electron chi connectivity index (χ4n) is 0.850. The van der Waals surface area contributed by atoms with Crippen molar-refractivity contribution in [1.82, 2.24) is 9.78 Å². The molecule has 0 bridgehead atoms. The Balaban J connectivity index is 2.56. The predicted molar refractivity (Wildman–Crippen MR) is 43.3 cm³/mol. The normalized spacial score (nSPS) is 11.8. The van der Waals surface area contributed by atoms with Gasteiger partial charge in [-0.25, -0.2) is 0 Å². The molecule has 0 saturated heterocycles. The van der Waals surface area contributed by atoms with Gasteiger partial charge in [0.1, 0.15) is 0 Å². The van der Waals surface area contributed by atoms with E-state index in [1.807, 2.05) is 0 Å². The van der Waals surface area contributed by atoms with Crippen molar-refractivity contribution in [2.45, 2.75) is 39.7 Å². The van der Waals surface area contributed by atoms with Crippen molar-refractivity contribution in [1.29, 1.82) is 0 Å². The first-order chi connectivity index (χ1) is 4.61. The lowest BCUT2D eigenvalue weighted by Crippen LogP contribution is -2.15. The lowest BCUT2D eigenvalue weighted by molar-refractivity contribution is 0.465. The third-order valence-corrected chi connectivity index (χ3v) is 1.71. The molecular formula is C8H16N2. The largest absolute Gasteiger partial charge is 0.301 e. The van der Waals surface area contributed by atoms with E-state index in [1.54, 1.807) is 0 Å². The van der Waals surface area contributed by atoms with Crippen molar-refractivity contribution in [2.24, 2.45) is 0 Å². The number of nitrogens with zero attached hydrogens (tertiary/aromatic N) is 1. The van der Waals surface area contributed by atoms with E-state index >= 15 is 0 Å². The predicted octanol–water partition coefficient (Wildman–Crippen LogP) is 2.52. The van der Waals surface area contributed by atoms with E-state index in [0.717, 1.165) is 0 Å². The highest BCUT2D eigenvalue weighted by molar-refractivity contribution is 5.02. The van der Waals surface area contributed by atoms with Gasteiger partial charge in [-0.2, -0.15) is 0 Å². The molecule has 0 aromatic carbocycles. The van der Waals surface area contributed by atoms with E-state index in [0.29, 0.717) is 12.0 Å². The van der Waals surface area contributed by atoms with Gasteiger partial charge in [0.2, 0.25) is 0 Å². The highest BCUT2D eigenvalue weighted by Crippen LogP contribution is 2.15. The summed E-state index contributed by atoms with van der Waals surface area (Å²) in [7, 11) is 0. The van der Waals surface area contributed by atoms with Crippen LogP contribution in [-0.4, -0.2) is 9.78 Å². The van der Waals surface area contributed by atoms with Crippen LogP contribution < -0.4 is 0 Å². The standard InChI is InChI=1S/C8H16N2/c1-6(2)8-5-10(9-8)7(3)4/h5-7,9H,1-4H3. The average molecular weight is 140 g/mol. The Hall–Kier alpha value is -0.660. The summed E-state index contributed by atoms with van der Waals surface area (Å²) in [5.74, 6) is 0.634. The van der Waals surface area contributed by atoms with E-state index in [1.165, 1.54) is 5.69 Å². The molecule has 0 spiro atoms. The second-order valence-electron chi connectivity index (χ2n) is 3.35. The smallest absolute Gasteiger partial charge is 0.0519 e. The molecule has 1 N–H and O–H groups in total. The van der Waals surface area contributed by atoms with Gasteiger partial charge in [-0.15, -0.1) is 0 Å². The van der Waals surface area contributed by atoms with Gasteiger partial charge >= 0.3 is 0 Å². The molecule has 0 saturated carbocycles. The highest BCUT2D eigenvalue weighted by Gasteiger charge is 2.06. The number of nitrogens with one attached hydrogen (secondary N) is 1. The number of H-pyrrole nitrogens is 1. The molecule has 1 aromatic heterocycles. The number of rotatable bonds is 2. The second kappa shape index (κ2) is 2.52. The van der Waals surface area contributed by atoms with Crippen LogP contribution in [0.4, 0.5) is 0 Å². The minimum atomic E-state index is 0.572. The SMILES string of the molecule is CC(C)c1cn(C(C)C)[nH]1. The molecule has 2 heteroatoms. The molecule has 58 valence electrons. The molecule has 1 rings (SSSR count). The van der Waals surface area contributed by atoms with Gasteiger partial charge in [0, 0.05) is 12.2 Å². The molecule has 0 atom stereocenters. The van der Waals surface area contributed by atoms with Crippen LogP contribution in [0.1, 0.15) is 45.3 Å². The Kier molecular flexibility index (Phi) is 1.88.